The van der Waals surface area contributed by atoms with Crippen molar-refractivity contribution >= 4 is 11.4 Å². The van der Waals surface area contributed by atoms with Gasteiger partial charge in [0.1, 0.15) is 17.3 Å². The molecule has 12 heteroatoms. The van der Waals surface area contributed by atoms with Crippen molar-refractivity contribution in [3.05, 3.63) is 108 Å². The molecule has 1 aromatic carbocycles. The molecule has 1 aliphatic carbocycles. The summed E-state index contributed by atoms with van der Waals surface area (Å²) in [6.07, 6.45) is 8.69. The maximum absolute atomic E-state index is 14.0. The second-order valence-electron chi connectivity index (χ2n) is 12.0. The van der Waals surface area contributed by atoms with Crippen LogP contribution >= 0.6 is 0 Å². The molecule has 5 aromatic heterocycles. The Balaban J connectivity index is 1.16. The highest BCUT2D eigenvalue weighted by Crippen LogP contribution is 2.46. The van der Waals surface area contributed by atoms with Crippen molar-refractivity contribution in [2.75, 3.05) is 13.1 Å². The molecule has 0 atom stereocenters. The highest BCUT2D eigenvalue weighted by Gasteiger charge is 2.36. The molecule has 6 heterocycles. The molecule has 0 radical (unpaired) electrons. The summed E-state index contributed by atoms with van der Waals surface area (Å²) in [4.78, 5) is 28.6. The Morgan fingerprint density at radius 2 is 1.76 bits per heavy atom. The number of hydrogen-bond acceptors (Lipinski definition) is 8. The first-order chi connectivity index (χ1) is 22.5. The number of hydrogen-bond donors (Lipinski definition) is 0. The first kappa shape index (κ1) is 28.4. The third-order valence-electron chi connectivity index (χ3n) is 8.79. The monoisotopic (exact) mass is 620 g/mol. The first-order valence-corrected chi connectivity index (χ1v) is 15.5. The number of benzene rings is 1. The fraction of sp³-hybridized carbons (Fsp3) is 0.294. The minimum atomic E-state index is -0.702. The minimum absolute atomic E-state index is 0.000616. The molecule has 0 amide bonds. The molecule has 0 unspecified atom stereocenters. The standard InChI is InChI=1S/C34H30F2N8O2/c35-24-5-3-21(4-6-24)32-33(28-7-8-31-39-25(19-43(31)41-28)18-29(45)23-9-13-37-30(36)17-23)44(34(40-32)22-1-2-22)26-11-15-42(16-12-26)20-27-10-14-38-46-27/h3-10,13-14,17,19,22,26H,1-2,11-12,15-16,18,20H2. The summed E-state index contributed by atoms with van der Waals surface area (Å²) >= 11 is 0. The largest absolute Gasteiger partial charge is 0.360 e. The van der Waals surface area contributed by atoms with Crippen LogP contribution in [0.5, 0.6) is 0 Å². The summed E-state index contributed by atoms with van der Waals surface area (Å²) in [6, 6.07) is 15.0. The number of Topliss-reactive ketones (excluding diaryl/α,β-unsaturated/α-hetero) is 1. The quantitative estimate of drug-likeness (QED) is 0.142. The molecule has 6 aromatic rings. The average Bonchev–Trinajstić information content (AvgIpc) is 3.43. The molecule has 0 bridgehead atoms. The molecule has 2 aliphatic rings. The number of piperidine rings is 1. The van der Waals surface area contributed by atoms with Crippen molar-refractivity contribution < 1.29 is 18.1 Å². The lowest BCUT2D eigenvalue weighted by Gasteiger charge is -2.33. The van der Waals surface area contributed by atoms with Crippen LogP contribution in [-0.2, 0) is 13.0 Å². The number of aromatic nitrogens is 7. The number of fused-ring (bicyclic) bond motifs is 1. The number of pyridine rings is 1. The lowest BCUT2D eigenvalue weighted by molar-refractivity contribution is 0.0991. The van der Waals surface area contributed by atoms with Crippen LogP contribution in [0.4, 0.5) is 8.78 Å². The van der Waals surface area contributed by atoms with E-state index in [2.05, 4.69) is 24.6 Å². The summed E-state index contributed by atoms with van der Waals surface area (Å²) < 4.78 is 37.0. The molecule has 232 valence electrons. The van der Waals surface area contributed by atoms with Crippen molar-refractivity contribution in [3.63, 3.8) is 0 Å². The van der Waals surface area contributed by atoms with Crippen molar-refractivity contribution in [3.8, 4) is 22.6 Å². The molecule has 10 nitrogen and oxygen atoms in total. The summed E-state index contributed by atoms with van der Waals surface area (Å²) in [5.74, 6) is 1.00. The van der Waals surface area contributed by atoms with E-state index in [1.54, 1.807) is 29.0 Å². The fourth-order valence-electron chi connectivity index (χ4n) is 6.37. The van der Waals surface area contributed by atoms with E-state index in [0.717, 1.165) is 79.9 Å². The third kappa shape index (κ3) is 5.60. The first-order valence-electron chi connectivity index (χ1n) is 15.5. The van der Waals surface area contributed by atoms with E-state index >= 15 is 0 Å². The molecular formula is C34H30F2N8O2. The van der Waals surface area contributed by atoms with Gasteiger partial charge in [0, 0.05) is 54.5 Å². The number of carbonyl (C=O) groups is 1. The van der Waals surface area contributed by atoms with Crippen LogP contribution in [0.2, 0.25) is 0 Å². The summed E-state index contributed by atoms with van der Waals surface area (Å²) in [5.41, 5.74) is 4.55. The van der Waals surface area contributed by atoms with E-state index in [4.69, 9.17) is 14.6 Å². The number of ketones is 1. The van der Waals surface area contributed by atoms with Gasteiger partial charge in [-0.1, -0.05) is 5.16 Å². The number of halogens is 2. The van der Waals surface area contributed by atoms with Crippen molar-refractivity contribution in [2.24, 2.45) is 0 Å². The van der Waals surface area contributed by atoms with E-state index in [1.165, 1.54) is 24.4 Å². The smallest absolute Gasteiger partial charge is 0.213 e. The van der Waals surface area contributed by atoms with E-state index in [-0.39, 0.29) is 29.6 Å². The van der Waals surface area contributed by atoms with Crippen LogP contribution in [0.25, 0.3) is 28.3 Å². The van der Waals surface area contributed by atoms with Crippen LogP contribution in [0.3, 0.4) is 0 Å². The highest BCUT2D eigenvalue weighted by molar-refractivity contribution is 5.97. The Morgan fingerprint density at radius 1 is 0.935 bits per heavy atom. The topological polar surface area (TPSA) is 107 Å². The molecule has 8 rings (SSSR count). The van der Waals surface area contributed by atoms with Crippen LogP contribution in [0, 0.1) is 11.8 Å². The number of likely N-dealkylation sites (tertiary alicyclic amines) is 1. The lowest BCUT2D eigenvalue weighted by atomic mass is 10.0. The van der Waals surface area contributed by atoms with Crippen molar-refractivity contribution in [1.29, 1.82) is 0 Å². The van der Waals surface area contributed by atoms with Crippen LogP contribution in [0.1, 0.15) is 65.3 Å². The average molecular weight is 621 g/mol. The van der Waals surface area contributed by atoms with Gasteiger partial charge >= 0.3 is 0 Å². The zero-order valence-corrected chi connectivity index (χ0v) is 24.9. The molecule has 46 heavy (non-hydrogen) atoms. The van der Waals surface area contributed by atoms with Gasteiger partial charge in [-0.2, -0.15) is 9.49 Å². The maximum Gasteiger partial charge on any atom is 0.213 e. The zero-order valence-electron chi connectivity index (χ0n) is 24.9. The number of carbonyl (C=O) groups excluding carboxylic acids is 1. The summed E-state index contributed by atoms with van der Waals surface area (Å²) in [7, 11) is 0. The Bertz CT molecular complexity index is 2020. The second kappa shape index (κ2) is 11.7. The normalized spacial score (nSPS) is 16.0. The van der Waals surface area contributed by atoms with Gasteiger partial charge in [0.05, 0.1) is 42.4 Å². The Morgan fingerprint density at radius 3 is 2.50 bits per heavy atom. The third-order valence-corrected chi connectivity index (χ3v) is 8.79. The predicted octanol–water partition coefficient (Wildman–Crippen LogP) is 6.06. The summed E-state index contributed by atoms with van der Waals surface area (Å²) in [6.45, 7) is 2.51. The zero-order chi connectivity index (χ0) is 31.2. The molecule has 0 spiro atoms. The molecule has 1 saturated carbocycles. The second-order valence-corrected chi connectivity index (χ2v) is 12.0. The van der Waals surface area contributed by atoms with Gasteiger partial charge in [0.2, 0.25) is 5.95 Å². The van der Waals surface area contributed by atoms with Gasteiger partial charge in [-0.3, -0.25) is 9.69 Å². The van der Waals surface area contributed by atoms with Gasteiger partial charge in [-0.15, -0.1) is 0 Å². The minimum Gasteiger partial charge on any atom is -0.360 e. The van der Waals surface area contributed by atoms with Crippen molar-refractivity contribution in [2.45, 2.75) is 50.6 Å². The van der Waals surface area contributed by atoms with Crippen LogP contribution in [-0.4, -0.2) is 58.1 Å². The predicted molar refractivity (Wildman–Crippen MR) is 164 cm³/mol. The van der Waals surface area contributed by atoms with Gasteiger partial charge in [0.25, 0.3) is 0 Å². The maximum atomic E-state index is 14.0. The Kier molecular flexibility index (Phi) is 7.21. The van der Waals surface area contributed by atoms with Crippen LogP contribution < -0.4 is 0 Å². The fourth-order valence-corrected chi connectivity index (χ4v) is 6.37. The number of rotatable bonds is 9. The summed E-state index contributed by atoms with van der Waals surface area (Å²) in [5, 5.41) is 8.83. The molecular weight excluding hydrogens is 590 g/mol. The van der Waals surface area contributed by atoms with Crippen molar-refractivity contribution in [1.82, 2.24) is 39.2 Å². The van der Waals surface area contributed by atoms with Gasteiger partial charge in [-0.25, -0.2) is 23.9 Å². The molecule has 1 aliphatic heterocycles. The molecule has 0 N–H and O–H groups in total. The van der Waals surface area contributed by atoms with E-state index in [1.807, 2.05) is 18.2 Å². The van der Waals surface area contributed by atoms with E-state index < -0.39 is 5.95 Å². The van der Waals surface area contributed by atoms with Crippen LogP contribution in [0.15, 0.2) is 77.7 Å². The SMILES string of the molecule is O=C(Cc1cn2nc(-c3c(-c4ccc(F)cc4)nc(C4CC4)n3C3CCN(Cc4ccno4)CC3)ccc2n1)c1ccnc(F)c1. The Hall–Kier alpha value is -5.10. The van der Waals surface area contributed by atoms with Gasteiger partial charge < -0.3 is 9.09 Å². The van der Waals surface area contributed by atoms with E-state index in [0.29, 0.717) is 23.0 Å². The van der Waals surface area contributed by atoms with E-state index in [9.17, 15) is 13.6 Å². The number of nitrogens with zero attached hydrogens (tertiary/aromatic N) is 8. The Labute approximate surface area is 262 Å². The molecule has 1 saturated heterocycles. The van der Waals surface area contributed by atoms with Gasteiger partial charge in [-0.05, 0) is 68.1 Å². The van der Waals surface area contributed by atoms with Gasteiger partial charge in [0.15, 0.2) is 17.2 Å². The highest BCUT2D eigenvalue weighted by atomic mass is 19.1. The lowest BCUT2D eigenvalue weighted by Crippen LogP contribution is -2.34. The molecule has 2 fully saturated rings. The number of imidazole rings is 2.